The summed E-state index contributed by atoms with van der Waals surface area (Å²) in [5.41, 5.74) is 0.855. The monoisotopic (exact) mass is 295 g/mol. The van der Waals surface area contributed by atoms with Crippen LogP contribution in [0.5, 0.6) is 0 Å². The number of aliphatic hydroxyl groups excluding tert-OH is 1. The molecule has 1 unspecified atom stereocenters. The summed E-state index contributed by atoms with van der Waals surface area (Å²) >= 11 is 0. The fraction of sp³-hybridized carbons (Fsp3) is 0.467. The third-order valence-corrected chi connectivity index (χ3v) is 2.94. The molecular formula is C15H21NO5. The van der Waals surface area contributed by atoms with Crippen molar-refractivity contribution in [3.8, 4) is 0 Å². The molecule has 1 aromatic rings. The molecule has 0 spiro atoms. The van der Waals surface area contributed by atoms with Crippen LogP contribution in [0.15, 0.2) is 30.3 Å². The first-order valence-corrected chi connectivity index (χ1v) is 6.81. The zero-order chi connectivity index (χ0) is 15.7. The van der Waals surface area contributed by atoms with Crippen molar-refractivity contribution in [2.24, 2.45) is 0 Å². The molecule has 0 bridgehead atoms. The summed E-state index contributed by atoms with van der Waals surface area (Å²) < 4.78 is 9.52. The van der Waals surface area contributed by atoms with Gasteiger partial charge in [-0.25, -0.2) is 9.59 Å². The van der Waals surface area contributed by atoms with E-state index in [2.05, 4.69) is 10.1 Å². The minimum Gasteiger partial charge on any atom is -0.467 e. The zero-order valence-electron chi connectivity index (χ0n) is 12.2. The Bertz CT molecular complexity index is 449. The fourth-order valence-corrected chi connectivity index (χ4v) is 1.82. The lowest BCUT2D eigenvalue weighted by molar-refractivity contribution is -0.152. The Morgan fingerprint density at radius 2 is 1.95 bits per heavy atom. The average Bonchev–Trinajstić information content (AvgIpc) is 2.52. The second-order valence-electron chi connectivity index (χ2n) is 4.57. The summed E-state index contributed by atoms with van der Waals surface area (Å²) in [5.74, 6) is -0.781. The van der Waals surface area contributed by atoms with E-state index in [1.807, 2.05) is 37.3 Å². The van der Waals surface area contributed by atoms with Crippen LogP contribution in [0.3, 0.4) is 0 Å². The molecule has 1 amide bonds. The Hall–Kier alpha value is -2.08. The van der Waals surface area contributed by atoms with Crippen LogP contribution in [-0.4, -0.2) is 36.4 Å². The van der Waals surface area contributed by atoms with E-state index in [1.54, 1.807) is 0 Å². The molecule has 0 aliphatic heterocycles. The summed E-state index contributed by atoms with van der Waals surface area (Å²) in [7, 11) is 1.18. The van der Waals surface area contributed by atoms with Gasteiger partial charge >= 0.3 is 12.1 Å². The van der Waals surface area contributed by atoms with Crippen LogP contribution in [0.2, 0.25) is 0 Å². The first-order chi connectivity index (χ1) is 10.1. The van der Waals surface area contributed by atoms with Gasteiger partial charge in [0.15, 0.2) is 6.10 Å². The zero-order valence-corrected chi connectivity index (χ0v) is 12.2. The number of amides is 1. The van der Waals surface area contributed by atoms with Crippen molar-refractivity contribution in [3.63, 3.8) is 0 Å². The fourth-order valence-electron chi connectivity index (χ4n) is 1.82. The van der Waals surface area contributed by atoms with E-state index in [4.69, 9.17) is 4.74 Å². The van der Waals surface area contributed by atoms with Crippen molar-refractivity contribution < 1.29 is 24.2 Å². The van der Waals surface area contributed by atoms with Gasteiger partial charge < -0.3 is 19.9 Å². The number of esters is 1. The van der Waals surface area contributed by atoms with E-state index in [1.165, 1.54) is 7.11 Å². The molecule has 2 N–H and O–H groups in total. The molecule has 1 aromatic carbocycles. The van der Waals surface area contributed by atoms with E-state index in [0.29, 0.717) is 12.8 Å². The lowest BCUT2D eigenvalue weighted by atomic mass is 10.1. The van der Waals surface area contributed by atoms with E-state index in [-0.39, 0.29) is 6.61 Å². The van der Waals surface area contributed by atoms with Crippen LogP contribution in [-0.2, 0) is 20.9 Å². The maximum atomic E-state index is 11.7. The molecule has 116 valence electrons. The number of aliphatic hydroxyl groups is 1. The number of rotatable bonds is 7. The van der Waals surface area contributed by atoms with Crippen LogP contribution < -0.4 is 5.32 Å². The number of carbonyl (C=O) groups excluding carboxylic acids is 2. The summed E-state index contributed by atoms with van der Waals surface area (Å²) in [5, 5.41) is 12.3. The van der Waals surface area contributed by atoms with Gasteiger partial charge in [0.1, 0.15) is 6.61 Å². The van der Waals surface area contributed by atoms with Crippen LogP contribution in [0.4, 0.5) is 4.79 Å². The van der Waals surface area contributed by atoms with E-state index < -0.39 is 24.2 Å². The highest BCUT2D eigenvalue weighted by atomic mass is 16.6. The van der Waals surface area contributed by atoms with Crippen molar-refractivity contribution in [3.05, 3.63) is 35.9 Å². The number of methoxy groups -OCH3 is 1. The Kier molecular flexibility index (Phi) is 7.25. The Morgan fingerprint density at radius 3 is 2.52 bits per heavy atom. The van der Waals surface area contributed by atoms with Gasteiger partial charge in [-0.15, -0.1) is 0 Å². The van der Waals surface area contributed by atoms with Crippen LogP contribution in [0.25, 0.3) is 0 Å². The van der Waals surface area contributed by atoms with E-state index >= 15 is 0 Å². The summed E-state index contributed by atoms with van der Waals surface area (Å²) in [6.07, 6.45) is -0.950. The predicted molar refractivity (Wildman–Crippen MR) is 76.5 cm³/mol. The number of carbonyl (C=O) groups is 2. The van der Waals surface area contributed by atoms with E-state index in [0.717, 1.165) is 5.56 Å². The normalized spacial score (nSPS) is 13.1. The molecular weight excluding hydrogens is 274 g/mol. The van der Waals surface area contributed by atoms with Crippen LogP contribution in [0, 0.1) is 0 Å². The van der Waals surface area contributed by atoms with E-state index in [9.17, 15) is 14.7 Å². The molecule has 0 saturated heterocycles. The SMILES string of the molecule is CCC[C@H](NC(=O)OCc1ccccc1)C(O)C(=O)OC. The smallest absolute Gasteiger partial charge is 0.407 e. The second-order valence-corrected chi connectivity index (χ2v) is 4.57. The molecule has 0 fully saturated rings. The first kappa shape index (κ1) is 17.0. The quantitative estimate of drug-likeness (QED) is 0.747. The maximum Gasteiger partial charge on any atom is 0.407 e. The summed E-state index contributed by atoms with van der Waals surface area (Å²) in [6.45, 7) is 2.01. The van der Waals surface area contributed by atoms with Crippen LogP contribution in [0.1, 0.15) is 25.3 Å². The predicted octanol–water partition coefficient (Wildman–Crippen LogP) is 1.62. The lowest BCUT2D eigenvalue weighted by Crippen LogP contribution is -2.47. The first-order valence-electron chi connectivity index (χ1n) is 6.81. The molecule has 6 heteroatoms. The molecule has 6 nitrogen and oxygen atoms in total. The van der Waals surface area contributed by atoms with Crippen molar-refractivity contribution in [1.82, 2.24) is 5.32 Å². The van der Waals surface area contributed by atoms with Gasteiger partial charge in [0.2, 0.25) is 0 Å². The molecule has 1 rings (SSSR count). The number of benzene rings is 1. The highest BCUT2D eigenvalue weighted by molar-refractivity contribution is 5.76. The van der Waals surface area contributed by atoms with Gasteiger partial charge in [-0.05, 0) is 12.0 Å². The molecule has 0 radical (unpaired) electrons. The van der Waals surface area contributed by atoms with Gasteiger partial charge in [0.25, 0.3) is 0 Å². The molecule has 0 aliphatic carbocycles. The molecule has 2 atom stereocenters. The summed E-state index contributed by atoms with van der Waals surface area (Å²) in [6, 6.07) is 8.49. The van der Waals surface area contributed by atoms with Crippen LogP contribution >= 0.6 is 0 Å². The Labute approximate surface area is 124 Å². The summed E-state index contributed by atoms with van der Waals surface area (Å²) in [4.78, 5) is 23.0. The molecule has 0 aromatic heterocycles. The standard InChI is InChI=1S/C15H21NO5/c1-3-7-12(13(17)14(18)20-2)16-15(19)21-10-11-8-5-4-6-9-11/h4-6,8-9,12-13,17H,3,7,10H2,1-2H3,(H,16,19)/t12-,13?/m0/s1. The molecule has 0 heterocycles. The van der Waals surface area contributed by atoms with Gasteiger partial charge in [-0.2, -0.15) is 0 Å². The number of alkyl carbamates (subject to hydrolysis) is 1. The van der Waals surface area contributed by atoms with Gasteiger partial charge in [0, 0.05) is 0 Å². The third-order valence-electron chi connectivity index (χ3n) is 2.94. The van der Waals surface area contributed by atoms with Crippen molar-refractivity contribution in [2.45, 2.75) is 38.5 Å². The van der Waals surface area contributed by atoms with Crippen molar-refractivity contribution in [2.75, 3.05) is 7.11 Å². The van der Waals surface area contributed by atoms with Gasteiger partial charge in [-0.3, -0.25) is 0 Å². The second kappa shape index (κ2) is 8.97. The highest BCUT2D eigenvalue weighted by Crippen LogP contribution is 2.06. The van der Waals surface area contributed by atoms with Crippen molar-refractivity contribution in [1.29, 1.82) is 0 Å². The number of hydrogen-bond acceptors (Lipinski definition) is 5. The molecule has 21 heavy (non-hydrogen) atoms. The molecule has 0 aliphatic rings. The number of hydrogen-bond donors (Lipinski definition) is 2. The third kappa shape index (κ3) is 5.83. The highest BCUT2D eigenvalue weighted by Gasteiger charge is 2.28. The molecule has 0 saturated carbocycles. The Morgan fingerprint density at radius 1 is 1.29 bits per heavy atom. The van der Waals surface area contributed by atoms with Crippen molar-refractivity contribution >= 4 is 12.1 Å². The largest absolute Gasteiger partial charge is 0.467 e. The van der Waals surface area contributed by atoms with Gasteiger partial charge in [-0.1, -0.05) is 43.7 Å². The lowest BCUT2D eigenvalue weighted by Gasteiger charge is -2.21. The Balaban J connectivity index is 2.50. The maximum absolute atomic E-state index is 11.7. The average molecular weight is 295 g/mol. The van der Waals surface area contributed by atoms with Gasteiger partial charge in [0.05, 0.1) is 13.2 Å². The minimum atomic E-state index is -1.40. The number of nitrogens with one attached hydrogen (secondary N) is 1. The topological polar surface area (TPSA) is 84.9 Å². The minimum absolute atomic E-state index is 0.125. The number of ether oxygens (including phenoxy) is 2.